The van der Waals surface area contributed by atoms with E-state index in [9.17, 15) is 4.39 Å². The van der Waals surface area contributed by atoms with E-state index in [4.69, 9.17) is 11.5 Å². The smallest absolute Gasteiger partial charge is 0.180 e. The molecule has 4 N–H and O–H groups in total. The molecule has 1 aliphatic carbocycles. The average Bonchev–Trinajstić information content (AvgIpc) is 3.22. The van der Waals surface area contributed by atoms with Crippen molar-refractivity contribution in [2.24, 2.45) is 16.5 Å². The van der Waals surface area contributed by atoms with Crippen LogP contribution in [0, 0.1) is 0 Å². The first kappa shape index (κ1) is 12.4. The van der Waals surface area contributed by atoms with Crippen LogP contribution in [-0.2, 0) is 6.42 Å². The summed E-state index contributed by atoms with van der Waals surface area (Å²) in [6.45, 7) is 0. The van der Waals surface area contributed by atoms with Gasteiger partial charge >= 0.3 is 0 Å². The van der Waals surface area contributed by atoms with Gasteiger partial charge in [-0.3, -0.25) is 0 Å². The first-order valence-corrected chi connectivity index (χ1v) is 5.87. The molecule has 0 aliphatic heterocycles. The van der Waals surface area contributed by atoms with Crippen molar-refractivity contribution in [3.63, 3.8) is 0 Å². The van der Waals surface area contributed by atoms with E-state index in [0.717, 1.165) is 30.3 Å². The highest BCUT2D eigenvalue weighted by Crippen LogP contribution is 2.33. The third-order valence-corrected chi connectivity index (χ3v) is 2.77. The van der Waals surface area contributed by atoms with Gasteiger partial charge in [-0.15, -0.1) is 0 Å². The van der Waals surface area contributed by atoms with Crippen LogP contribution in [0.25, 0.3) is 0 Å². The number of amidine groups is 1. The van der Waals surface area contributed by atoms with Gasteiger partial charge in [0, 0.05) is 18.3 Å². The van der Waals surface area contributed by atoms with Gasteiger partial charge in [0.15, 0.2) is 11.7 Å². The molecule has 0 heterocycles. The summed E-state index contributed by atoms with van der Waals surface area (Å²) < 4.78 is 13.2. The predicted molar refractivity (Wildman–Crippen MR) is 71.4 cm³/mol. The average molecular weight is 245 g/mol. The van der Waals surface area contributed by atoms with Crippen molar-refractivity contribution in [2.45, 2.75) is 19.3 Å². The highest BCUT2D eigenvalue weighted by molar-refractivity contribution is 5.95. The molecular formula is C14H16FN3. The quantitative estimate of drug-likeness (QED) is 0.632. The SMILES string of the molecule is NC=C(F)C(N)=NC(Cc1ccccc1)=C1CC1. The lowest BCUT2D eigenvalue weighted by Crippen LogP contribution is -2.14. The van der Waals surface area contributed by atoms with E-state index in [-0.39, 0.29) is 5.84 Å². The van der Waals surface area contributed by atoms with Crippen molar-refractivity contribution in [1.82, 2.24) is 0 Å². The Bertz CT molecular complexity index is 509. The minimum Gasteiger partial charge on any atom is -0.402 e. The second-order valence-electron chi connectivity index (χ2n) is 4.22. The lowest BCUT2D eigenvalue weighted by molar-refractivity contribution is 0.675. The topological polar surface area (TPSA) is 64.4 Å². The molecule has 0 spiro atoms. The second kappa shape index (κ2) is 5.49. The Morgan fingerprint density at radius 1 is 1.28 bits per heavy atom. The summed E-state index contributed by atoms with van der Waals surface area (Å²) in [7, 11) is 0. The van der Waals surface area contributed by atoms with Crippen molar-refractivity contribution in [3.05, 3.63) is 59.2 Å². The molecule has 0 radical (unpaired) electrons. The molecule has 4 heteroatoms. The predicted octanol–water partition coefficient (Wildman–Crippen LogP) is 2.40. The van der Waals surface area contributed by atoms with Crippen LogP contribution in [0.3, 0.4) is 0 Å². The standard InChI is InChI=1S/C14H16FN3/c15-12(9-16)14(17)18-13(11-6-7-11)8-10-4-2-1-3-5-10/h1-5,9H,6-8,16H2,(H2,17,18). The summed E-state index contributed by atoms with van der Waals surface area (Å²) in [6.07, 6.45) is 3.55. The van der Waals surface area contributed by atoms with Crippen molar-refractivity contribution >= 4 is 5.84 Å². The van der Waals surface area contributed by atoms with Gasteiger partial charge in [0.05, 0.1) is 0 Å². The number of hydrogen-bond acceptors (Lipinski definition) is 2. The number of nitrogens with zero attached hydrogens (tertiary/aromatic N) is 1. The van der Waals surface area contributed by atoms with Gasteiger partial charge in [-0.25, -0.2) is 9.38 Å². The monoisotopic (exact) mass is 245 g/mol. The summed E-state index contributed by atoms with van der Waals surface area (Å²) >= 11 is 0. The molecule has 0 saturated heterocycles. The van der Waals surface area contributed by atoms with E-state index >= 15 is 0 Å². The van der Waals surface area contributed by atoms with Gasteiger partial charge in [0.1, 0.15) is 0 Å². The van der Waals surface area contributed by atoms with Crippen LogP contribution in [0.1, 0.15) is 18.4 Å². The highest BCUT2D eigenvalue weighted by atomic mass is 19.1. The van der Waals surface area contributed by atoms with Crippen molar-refractivity contribution in [2.75, 3.05) is 0 Å². The molecule has 0 atom stereocenters. The number of benzene rings is 1. The minimum atomic E-state index is -0.679. The molecule has 1 aliphatic rings. The molecule has 18 heavy (non-hydrogen) atoms. The lowest BCUT2D eigenvalue weighted by atomic mass is 10.1. The number of halogens is 1. The number of aliphatic imine (C=N–C) groups is 1. The fourth-order valence-electron chi connectivity index (χ4n) is 1.67. The zero-order valence-corrected chi connectivity index (χ0v) is 10.1. The Labute approximate surface area is 106 Å². The Morgan fingerprint density at radius 2 is 1.94 bits per heavy atom. The zero-order valence-electron chi connectivity index (χ0n) is 10.1. The van der Waals surface area contributed by atoms with Gasteiger partial charge in [-0.05, 0) is 24.0 Å². The summed E-state index contributed by atoms with van der Waals surface area (Å²) in [5.74, 6) is -0.829. The first-order chi connectivity index (χ1) is 8.70. The van der Waals surface area contributed by atoms with Gasteiger partial charge < -0.3 is 11.5 Å². The summed E-state index contributed by atoms with van der Waals surface area (Å²) in [5, 5.41) is 0. The molecule has 1 saturated carbocycles. The molecule has 3 nitrogen and oxygen atoms in total. The van der Waals surface area contributed by atoms with E-state index in [1.54, 1.807) is 0 Å². The van der Waals surface area contributed by atoms with Gasteiger partial charge in [0.25, 0.3) is 0 Å². The molecule has 94 valence electrons. The number of nitrogens with two attached hydrogens (primary N) is 2. The largest absolute Gasteiger partial charge is 0.402 e. The van der Waals surface area contributed by atoms with Gasteiger partial charge in [0.2, 0.25) is 0 Å². The maximum atomic E-state index is 13.2. The van der Waals surface area contributed by atoms with Crippen LogP contribution >= 0.6 is 0 Å². The Hall–Kier alpha value is -2.10. The van der Waals surface area contributed by atoms with Crippen LogP contribution in [0.2, 0.25) is 0 Å². The molecule has 1 fully saturated rings. The second-order valence-corrected chi connectivity index (χ2v) is 4.22. The molecule has 1 aromatic carbocycles. The number of rotatable bonds is 4. The van der Waals surface area contributed by atoms with Gasteiger partial charge in [-0.1, -0.05) is 30.3 Å². The van der Waals surface area contributed by atoms with Crippen LogP contribution in [0.5, 0.6) is 0 Å². The van der Waals surface area contributed by atoms with E-state index in [1.807, 2.05) is 30.3 Å². The van der Waals surface area contributed by atoms with Crippen LogP contribution in [0.15, 0.2) is 58.6 Å². The molecule has 0 aromatic heterocycles. The van der Waals surface area contributed by atoms with Crippen LogP contribution < -0.4 is 11.5 Å². The van der Waals surface area contributed by atoms with E-state index in [2.05, 4.69) is 4.99 Å². The third-order valence-electron chi connectivity index (χ3n) is 2.77. The highest BCUT2D eigenvalue weighted by Gasteiger charge is 2.18. The van der Waals surface area contributed by atoms with E-state index in [1.165, 1.54) is 5.57 Å². The van der Waals surface area contributed by atoms with Crippen molar-refractivity contribution in [1.29, 1.82) is 0 Å². The third kappa shape index (κ3) is 3.20. The molecule has 2 rings (SSSR count). The number of allylic oxidation sites excluding steroid dienone is 2. The molecule has 0 unspecified atom stereocenters. The van der Waals surface area contributed by atoms with E-state index in [0.29, 0.717) is 6.42 Å². The molecule has 0 amide bonds. The van der Waals surface area contributed by atoms with Gasteiger partial charge in [-0.2, -0.15) is 0 Å². The fraction of sp³-hybridized carbons (Fsp3) is 0.214. The molecule has 1 aromatic rings. The molecular weight excluding hydrogens is 229 g/mol. The van der Waals surface area contributed by atoms with Crippen LogP contribution in [0.4, 0.5) is 4.39 Å². The summed E-state index contributed by atoms with van der Waals surface area (Å²) in [4.78, 5) is 4.16. The molecule has 0 bridgehead atoms. The fourth-order valence-corrected chi connectivity index (χ4v) is 1.67. The van der Waals surface area contributed by atoms with Crippen molar-refractivity contribution < 1.29 is 4.39 Å². The summed E-state index contributed by atoms with van der Waals surface area (Å²) in [5.41, 5.74) is 13.9. The van der Waals surface area contributed by atoms with Crippen LogP contribution in [-0.4, -0.2) is 5.84 Å². The maximum absolute atomic E-state index is 13.2. The van der Waals surface area contributed by atoms with E-state index < -0.39 is 5.83 Å². The maximum Gasteiger partial charge on any atom is 0.180 e. The lowest BCUT2D eigenvalue weighted by Gasteiger charge is -2.04. The number of hydrogen-bond donors (Lipinski definition) is 2. The summed E-state index contributed by atoms with van der Waals surface area (Å²) in [6, 6.07) is 9.94. The minimum absolute atomic E-state index is 0.150. The Balaban J connectivity index is 2.20. The Morgan fingerprint density at radius 3 is 2.50 bits per heavy atom. The zero-order chi connectivity index (χ0) is 13.0. The first-order valence-electron chi connectivity index (χ1n) is 5.87. The normalized spacial score (nSPS) is 15.7. The van der Waals surface area contributed by atoms with Crippen molar-refractivity contribution in [3.8, 4) is 0 Å². The Kier molecular flexibility index (Phi) is 3.77.